The van der Waals surface area contributed by atoms with Gasteiger partial charge in [-0.2, -0.15) is 13.2 Å². The van der Waals surface area contributed by atoms with E-state index in [9.17, 15) is 27.2 Å². The molecule has 34 heavy (non-hydrogen) atoms. The summed E-state index contributed by atoms with van der Waals surface area (Å²) in [6.07, 6.45) is -4.89. The Kier molecular flexibility index (Phi) is 7.68. The second kappa shape index (κ2) is 10.3. The molecule has 2 aromatic carbocycles. The Morgan fingerprint density at radius 3 is 2.24 bits per heavy atom. The number of amides is 2. The number of nitrogens with one attached hydrogen (secondary N) is 2. The number of carboxylic acids is 1. The second-order valence-corrected chi connectivity index (χ2v) is 8.91. The normalized spacial score (nSPS) is 19.4. The van der Waals surface area contributed by atoms with Gasteiger partial charge in [-0.3, -0.25) is 4.79 Å². The number of carboxylic acid groups (broad SMARTS) is 1. The number of rotatable bonds is 6. The highest BCUT2D eigenvalue weighted by Gasteiger charge is 2.42. The van der Waals surface area contributed by atoms with Crippen molar-refractivity contribution in [3.8, 4) is 0 Å². The predicted molar refractivity (Wildman–Crippen MR) is 122 cm³/mol. The number of halogens is 4. The predicted octanol–water partition coefficient (Wildman–Crippen LogP) is 6.07. The van der Waals surface area contributed by atoms with Crippen LogP contribution in [0.1, 0.15) is 38.2 Å². The maximum Gasteiger partial charge on any atom is 0.396 e. The van der Waals surface area contributed by atoms with Gasteiger partial charge in [0.2, 0.25) is 0 Å². The van der Waals surface area contributed by atoms with Crippen molar-refractivity contribution in [2.75, 3.05) is 28.6 Å². The highest BCUT2D eigenvalue weighted by Crippen LogP contribution is 2.41. The van der Waals surface area contributed by atoms with Crippen molar-refractivity contribution in [3.05, 3.63) is 53.8 Å². The number of hydrogen-bond donors (Lipinski definition) is 3. The third-order valence-electron chi connectivity index (χ3n) is 5.76. The van der Waals surface area contributed by atoms with E-state index in [-0.39, 0.29) is 11.3 Å². The number of hydrogen-bond acceptors (Lipinski definition) is 3. The first-order valence-electron chi connectivity index (χ1n) is 10.9. The van der Waals surface area contributed by atoms with E-state index in [1.165, 1.54) is 30.3 Å². The molecule has 184 valence electrons. The van der Waals surface area contributed by atoms with Crippen LogP contribution in [0.15, 0.2) is 42.5 Å². The molecule has 0 bridgehead atoms. The van der Waals surface area contributed by atoms with Crippen LogP contribution in [0.25, 0.3) is 0 Å². The molecule has 0 spiro atoms. The summed E-state index contributed by atoms with van der Waals surface area (Å²) >= 11 is 0. The third-order valence-corrected chi connectivity index (χ3v) is 5.76. The SMILES string of the molecule is CC1CC(C)CN(c2ccc(C(CC(=O)O)C(F)(F)F)cc2NC(=O)Nc2ccc(F)cc2)C1. The van der Waals surface area contributed by atoms with Gasteiger partial charge in [0.25, 0.3) is 0 Å². The van der Waals surface area contributed by atoms with Crippen molar-refractivity contribution < 1.29 is 32.3 Å². The van der Waals surface area contributed by atoms with E-state index >= 15 is 0 Å². The lowest BCUT2D eigenvalue weighted by molar-refractivity contribution is -0.163. The molecule has 1 fully saturated rings. The van der Waals surface area contributed by atoms with E-state index in [2.05, 4.69) is 24.5 Å². The highest BCUT2D eigenvalue weighted by molar-refractivity contribution is 6.02. The number of urea groups is 1. The van der Waals surface area contributed by atoms with Crippen molar-refractivity contribution in [2.45, 2.75) is 38.8 Å². The monoisotopic (exact) mass is 481 g/mol. The molecule has 1 heterocycles. The van der Waals surface area contributed by atoms with Gasteiger partial charge in [0.15, 0.2) is 0 Å². The topological polar surface area (TPSA) is 81.7 Å². The van der Waals surface area contributed by atoms with Crippen molar-refractivity contribution in [1.29, 1.82) is 0 Å². The average Bonchev–Trinajstić information content (AvgIpc) is 2.72. The van der Waals surface area contributed by atoms with Gasteiger partial charge < -0.3 is 20.6 Å². The molecule has 3 unspecified atom stereocenters. The fourth-order valence-electron chi connectivity index (χ4n) is 4.42. The number of nitrogens with zero attached hydrogens (tertiary/aromatic N) is 1. The summed E-state index contributed by atoms with van der Waals surface area (Å²) in [6.45, 7) is 5.49. The van der Waals surface area contributed by atoms with Crippen LogP contribution in [-0.4, -0.2) is 36.4 Å². The van der Waals surface area contributed by atoms with Crippen molar-refractivity contribution in [3.63, 3.8) is 0 Å². The fraction of sp³-hybridized carbons (Fsp3) is 0.417. The Morgan fingerprint density at radius 2 is 1.68 bits per heavy atom. The summed E-state index contributed by atoms with van der Waals surface area (Å²) in [6, 6.07) is 8.27. The van der Waals surface area contributed by atoms with Gasteiger partial charge >= 0.3 is 18.2 Å². The minimum atomic E-state index is -4.78. The Bertz CT molecular complexity index is 1020. The Morgan fingerprint density at radius 1 is 1.06 bits per heavy atom. The van der Waals surface area contributed by atoms with Crippen LogP contribution in [-0.2, 0) is 4.79 Å². The molecule has 3 rings (SSSR count). The van der Waals surface area contributed by atoms with E-state index in [0.29, 0.717) is 36.3 Å². The van der Waals surface area contributed by atoms with Crippen molar-refractivity contribution in [1.82, 2.24) is 0 Å². The second-order valence-electron chi connectivity index (χ2n) is 8.91. The van der Waals surface area contributed by atoms with E-state index in [1.807, 2.05) is 4.90 Å². The van der Waals surface area contributed by atoms with E-state index in [4.69, 9.17) is 5.11 Å². The Labute approximate surface area is 195 Å². The first-order valence-corrected chi connectivity index (χ1v) is 10.9. The maximum atomic E-state index is 13.6. The van der Waals surface area contributed by atoms with Crippen LogP contribution in [0.4, 0.5) is 39.4 Å². The maximum absolute atomic E-state index is 13.6. The first-order chi connectivity index (χ1) is 15.9. The molecular formula is C24H27F4N3O3. The van der Waals surface area contributed by atoms with Gasteiger partial charge in [-0.15, -0.1) is 0 Å². The number of carbonyl (C=O) groups excluding carboxylic acids is 1. The summed E-state index contributed by atoms with van der Waals surface area (Å²) in [5.41, 5.74) is 0.732. The molecule has 3 N–H and O–H groups in total. The molecular weight excluding hydrogens is 454 g/mol. The molecule has 10 heteroatoms. The summed E-state index contributed by atoms with van der Waals surface area (Å²) < 4.78 is 54.0. The number of benzene rings is 2. The van der Waals surface area contributed by atoms with Crippen molar-refractivity contribution >= 4 is 29.1 Å². The lowest BCUT2D eigenvalue weighted by atomic mass is 9.90. The van der Waals surface area contributed by atoms with Crippen LogP contribution in [0.5, 0.6) is 0 Å². The fourth-order valence-corrected chi connectivity index (χ4v) is 4.42. The summed E-state index contributed by atoms with van der Waals surface area (Å²) in [4.78, 5) is 25.7. The summed E-state index contributed by atoms with van der Waals surface area (Å²) in [5.74, 6) is -3.59. The van der Waals surface area contributed by atoms with E-state index < -0.39 is 36.3 Å². The van der Waals surface area contributed by atoms with E-state index in [0.717, 1.165) is 18.6 Å². The van der Waals surface area contributed by atoms with Gasteiger partial charge in [0.05, 0.1) is 23.7 Å². The van der Waals surface area contributed by atoms with Gasteiger partial charge in [0, 0.05) is 18.8 Å². The largest absolute Gasteiger partial charge is 0.481 e. The zero-order valence-electron chi connectivity index (χ0n) is 18.8. The summed E-state index contributed by atoms with van der Waals surface area (Å²) in [5, 5.41) is 14.1. The number of anilines is 3. The van der Waals surface area contributed by atoms with Crippen LogP contribution in [0, 0.1) is 17.7 Å². The minimum Gasteiger partial charge on any atom is -0.481 e. The van der Waals surface area contributed by atoms with Crippen LogP contribution in [0.3, 0.4) is 0 Å². The molecule has 0 aliphatic carbocycles. The molecule has 1 aliphatic rings. The molecule has 0 radical (unpaired) electrons. The van der Waals surface area contributed by atoms with Gasteiger partial charge in [-0.05, 0) is 60.2 Å². The zero-order valence-corrected chi connectivity index (χ0v) is 18.8. The Hall–Kier alpha value is -3.30. The zero-order chi connectivity index (χ0) is 25.0. The number of aliphatic carboxylic acids is 1. The van der Waals surface area contributed by atoms with Crippen LogP contribution in [0.2, 0.25) is 0 Å². The van der Waals surface area contributed by atoms with Gasteiger partial charge in [-0.1, -0.05) is 19.9 Å². The van der Waals surface area contributed by atoms with Crippen LogP contribution >= 0.6 is 0 Å². The number of carbonyl (C=O) groups is 2. The molecule has 3 atom stereocenters. The molecule has 0 saturated carbocycles. The molecule has 1 aliphatic heterocycles. The smallest absolute Gasteiger partial charge is 0.396 e. The first kappa shape index (κ1) is 25.3. The number of piperidine rings is 1. The van der Waals surface area contributed by atoms with Crippen LogP contribution < -0.4 is 15.5 Å². The molecule has 2 amide bonds. The van der Waals surface area contributed by atoms with E-state index in [1.54, 1.807) is 0 Å². The highest BCUT2D eigenvalue weighted by atomic mass is 19.4. The Balaban J connectivity index is 1.95. The lowest BCUT2D eigenvalue weighted by Gasteiger charge is -2.37. The molecule has 0 aromatic heterocycles. The molecule has 1 saturated heterocycles. The molecule has 2 aromatic rings. The summed E-state index contributed by atoms with van der Waals surface area (Å²) in [7, 11) is 0. The number of alkyl halides is 3. The van der Waals surface area contributed by atoms with Crippen molar-refractivity contribution in [2.24, 2.45) is 11.8 Å². The molecule has 6 nitrogen and oxygen atoms in total. The van der Waals surface area contributed by atoms with Gasteiger partial charge in [-0.25, -0.2) is 9.18 Å². The average molecular weight is 481 g/mol. The lowest BCUT2D eigenvalue weighted by Crippen LogP contribution is -2.39. The minimum absolute atomic E-state index is 0.137. The standard InChI is InChI=1S/C24H27F4N3O3/c1-14-9-15(2)13-31(12-14)21-8-3-16(19(11-22(32)33)24(26,27)28)10-20(21)30-23(34)29-18-6-4-17(25)5-7-18/h3-8,10,14-15,19H,9,11-13H2,1-2H3,(H,32,33)(H2,29,30,34). The quantitative estimate of drug-likeness (QED) is 0.437. The van der Waals surface area contributed by atoms with Gasteiger partial charge in [0.1, 0.15) is 5.82 Å². The third kappa shape index (κ3) is 6.61.